The van der Waals surface area contributed by atoms with E-state index in [-0.39, 0.29) is 5.91 Å². The van der Waals surface area contributed by atoms with E-state index in [2.05, 4.69) is 20.3 Å². The first kappa shape index (κ1) is 16.1. The monoisotopic (exact) mass is 364 g/mol. The highest BCUT2D eigenvalue weighted by Crippen LogP contribution is 2.28. The SMILES string of the molecule is O=C(Nc1ccc(Oc2cccc3[nH]ccc23)nc1)c1ccc(Cl)nc1. The number of carbonyl (C=O) groups excluding carboxylic acids is 1. The molecule has 0 fully saturated rings. The molecule has 2 N–H and O–H groups in total. The van der Waals surface area contributed by atoms with Crippen LogP contribution in [0.2, 0.25) is 5.15 Å². The molecule has 4 rings (SSSR count). The van der Waals surface area contributed by atoms with Gasteiger partial charge < -0.3 is 15.0 Å². The lowest BCUT2D eigenvalue weighted by molar-refractivity contribution is 0.102. The second-order valence-electron chi connectivity index (χ2n) is 5.51. The number of nitrogens with one attached hydrogen (secondary N) is 2. The normalized spacial score (nSPS) is 10.7. The molecular formula is C19H13ClN4O2. The summed E-state index contributed by atoms with van der Waals surface area (Å²) >= 11 is 5.72. The Balaban J connectivity index is 1.47. The van der Waals surface area contributed by atoms with Gasteiger partial charge in [0, 0.05) is 29.4 Å². The molecule has 0 aliphatic carbocycles. The summed E-state index contributed by atoms with van der Waals surface area (Å²) in [5, 5.41) is 4.06. The molecule has 0 radical (unpaired) electrons. The van der Waals surface area contributed by atoms with E-state index in [0.29, 0.717) is 28.0 Å². The largest absolute Gasteiger partial charge is 0.438 e. The van der Waals surface area contributed by atoms with E-state index >= 15 is 0 Å². The smallest absolute Gasteiger partial charge is 0.257 e. The number of hydrogen-bond acceptors (Lipinski definition) is 4. The summed E-state index contributed by atoms with van der Waals surface area (Å²) in [7, 11) is 0. The Morgan fingerprint density at radius 3 is 2.73 bits per heavy atom. The van der Waals surface area contributed by atoms with Crippen LogP contribution in [0.1, 0.15) is 10.4 Å². The number of nitrogens with zero attached hydrogens (tertiary/aromatic N) is 2. The van der Waals surface area contributed by atoms with E-state index in [4.69, 9.17) is 16.3 Å². The van der Waals surface area contributed by atoms with E-state index < -0.39 is 0 Å². The third-order valence-corrected chi connectivity index (χ3v) is 3.98. The molecule has 1 aromatic carbocycles. The van der Waals surface area contributed by atoms with Crippen molar-refractivity contribution in [1.29, 1.82) is 0 Å². The first-order chi connectivity index (χ1) is 12.7. The fraction of sp³-hybridized carbons (Fsp3) is 0. The Morgan fingerprint density at radius 1 is 1.04 bits per heavy atom. The standard InChI is InChI=1S/C19H13ClN4O2/c20-17-6-4-12(10-22-17)19(25)24-13-5-7-18(23-11-13)26-16-3-1-2-15-14(16)8-9-21-15/h1-11,21H,(H,24,25). The third kappa shape index (κ3) is 3.36. The number of fused-ring (bicyclic) bond motifs is 1. The van der Waals surface area contributed by atoms with Gasteiger partial charge in [0.25, 0.3) is 5.91 Å². The van der Waals surface area contributed by atoms with E-state index in [1.807, 2.05) is 30.5 Å². The van der Waals surface area contributed by atoms with Gasteiger partial charge in [0.2, 0.25) is 5.88 Å². The van der Waals surface area contributed by atoms with E-state index in [9.17, 15) is 4.79 Å². The van der Waals surface area contributed by atoms with E-state index in [0.717, 1.165) is 10.9 Å². The molecule has 0 aliphatic heterocycles. The molecule has 0 aliphatic rings. The first-order valence-corrected chi connectivity index (χ1v) is 8.20. The summed E-state index contributed by atoms with van der Waals surface area (Å²) in [4.78, 5) is 23.4. The second-order valence-corrected chi connectivity index (χ2v) is 5.89. The minimum Gasteiger partial charge on any atom is -0.438 e. The summed E-state index contributed by atoms with van der Waals surface area (Å²) in [5.74, 6) is 0.854. The van der Waals surface area contributed by atoms with Gasteiger partial charge in [-0.3, -0.25) is 4.79 Å². The molecule has 3 heterocycles. The highest BCUT2D eigenvalue weighted by atomic mass is 35.5. The summed E-state index contributed by atoms with van der Waals surface area (Å²) in [5.41, 5.74) is 1.95. The van der Waals surface area contributed by atoms with Gasteiger partial charge in [-0.2, -0.15) is 0 Å². The molecule has 7 heteroatoms. The number of pyridine rings is 2. The zero-order valence-corrected chi connectivity index (χ0v) is 14.2. The lowest BCUT2D eigenvalue weighted by Crippen LogP contribution is -2.12. The van der Waals surface area contributed by atoms with E-state index in [1.54, 1.807) is 24.3 Å². The Morgan fingerprint density at radius 2 is 1.96 bits per heavy atom. The zero-order valence-electron chi connectivity index (χ0n) is 13.4. The Bertz CT molecular complexity index is 1060. The fourth-order valence-corrected chi connectivity index (χ4v) is 2.60. The summed E-state index contributed by atoms with van der Waals surface area (Å²) in [6, 6.07) is 14.3. The zero-order chi connectivity index (χ0) is 17.9. The molecule has 3 aromatic heterocycles. The number of H-pyrrole nitrogens is 1. The van der Waals surface area contributed by atoms with Crippen molar-refractivity contribution < 1.29 is 9.53 Å². The highest BCUT2D eigenvalue weighted by molar-refractivity contribution is 6.29. The van der Waals surface area contributed by atoms with Crippen molar-refractivity contribution in [3.63, 3.8) is 0 Å². The number of anilines is 1. The van der Waals surface area contributed by atoms with Crippen LogP contribution in [0.15, 0.2) is 67.1 Å². The molecule has 0 saturated heterocycles. The van der Waals surface area contributed by atoms with Crippen LogP contribution in [0.5, 0.6) is 11.6 Å². The van der Waals surface area contributed by atoms with Crippen molar-refractivity contribution in [3.8, 4) is 11.6 Å². The molecule has 6 nitrogen and oxygen atoms in total. The number of ether oxygens (including phenoxy) is 1. The minimum absolute atomic E-state index is 0.290. The van der Waals surface area contributed by atoms with Crippen molar-refractivity contribution in [2.75, 3.05) is 5.32 Å². The minimum atomic E-state index is -0.290. The lowest BCUT2D eigenvalue weighted by Gasteiger charge is -2.08. The number of aromatic nitrogens is 3. The second kappa shape index (κ2) is 6.85. The van der Waals surface area contributed by atoms with Gasteiger partial charge in [-0.25, -0.2) is 9.97 Å². The summed E-state index contributed by atoms with van der Waals surface area (Å²) in [6.07, 6.45) is 4.81. The van der Waals surface area contributed by atoms with Crippen LogP contribution >= 0.6 is 11.6 Å². The van der Waals surface area contributed by atoms with Gasteiger partial charge in [-0.1, -0.05) is 17.7 Å². The van der Waals surface area contributed by atoms with Crippen molar-refractivity contribution in [2.24, 2.45) is 0 Å². The van der Waals surface area contributed by atoms with Crippen molar-refractivity contribution in [2.45, 2.75) is 0 Å². The maximum absolute atomic E-state index is 12.2. The van der Waals surface area contributed by atoms with E-state index in [1.165, 1.54) is 12.4 Å². The van der Waals surface area contributed by atoms with Gasteiger partial charge >= 0.3 is 0 Å². The number of hydrogen-bond donors (Lipinski definition) is 2. The van der Waals surface area contributed by atoms with Crippen molar-refractivity contribution in [1.82, 2.24) is 15.0 Å². The molecule has 26 heavy (non-hydrogen) atoms. The van der Waals surface area contributed by atoms with Gasteiger partial charge in [0.15, 0.2) is 0 Å². The number of carbonyl (C=O) groups is 1. The van der Waals surface area contributed by atoms with Crippen LogP contribution < -0.4 is 10.1 Å². The molecule has 0 unspecified atom stereocenters. The molecule has 1 amide bonds. The average molecular weight is 365 g/mol. The predicted octanol–water partition coefficient (Wildman–Crippen LogP) is 4.66. The van der Waals surface area contributed by atoms with Crippen molar-refractivity contribution >= 4 is 34.1 Å². The summed E-state index contributed by atoms with van der Waals surface area (Å²) < 4.78 is 5.84. The molecule has 0 bridgehead atoms. The number of amides is 1. The maximum Gasteiger partial charge on any atom is 0.257 e. The summed E-state index contributed by atoms with van der Waals surface area (Å²) in [6.45, 7) is 0. The fourth-order valence-electron chi connectivity index (χ4n) is 2.49. The number of halogens is 1. The average Bonchev–Trinajstić information content (AvgIpc) is 3.14. The molecular weight excluding hydrogens is 352 g/mol. The van der Waals surface area contributed by atoms with Crippen LogP contribution in [-0.2, 0) is 0 Å². The van der Waals surface area contributed by atoms with Gasteiger partial charge in [0.05, 0.1) is 17.4 Å². The van der Waals surface area contributed by atoms with Gasteiger partial charge in [0.1, 0.15) is 10.9 Å². The Kier molecular flexibility index (Phi) is 4.25. The van der Waals surface area contributed by atoms with Crippen LogP contribution in [-0.4, -0.2) is 20.9 Å². The molecule has 0 spiro atoms. The third-order valence-electron chi connectivity index (χ3n) is 3.75. The predicted molar refractivity (Wildman–Crippen MR) is 99.8 cm³/mol. The molecule has 128 valence electrons. The molecule has 0 saturated carbocycles. The maximum atomic E-state index is 12.2. The number of rotatable bonds is 4. The Labute approximate surface area is 153 Å². The highest BCUT2D eigenvalue weighted by Gasteiger charge is 2.08. The topological polar surface area (TPSA) is 79.9 Å². The first-order valence-electron chi connectivity index (χ1n) is 7.82. The Hall–Kier alpha value is -3.38. The molecule has 0 atom stereocenters. The number of aromatic amines is 1. The van der Waals surface area contributed by atoms with Crippen LogP contribution in [0, 0.1) is 0 Å². The van der Waals surface area contributed by atoms with Crippen molar-refractivity contribution in [3.05, 3.63) is 77.8 Å². The van der Waals surface area contributed by atoms with Gasteiger partial charge in [-0.15, -0.1) is 0 Å². The van der Waals surface area contributed by atoms with Gasteiger partial charge in [-0.05, 0) is 36.4 Å². The van der Waals surface area contributed by atoms with Crippen LogP contribution in [0.3, 0.4) is 0 Å². The lowest BCUT2D eigenvalue weighted by atomic mass is 10.2. The quantitative estimate of drug-likeness (QED) is 0.516. The number of benzene rings is 1. The van der Waals surface area contributed by atoms with Crippen LogP contribution in [0.25, 0.3) is 10.9 Å². The molecule has 4 aromatic rings. The van der Waals surface area contributed by atoms with Crippen LogP contribution in [0.4, 0.5) is 5.69 Å².